The van der Waals surface area contributed by atoms with Gasteiger partial charge in [0.2, 0.25) is 11.8 Å². The van der Waals surface area contributed by atoms with E-state index in [4.69, 9.17) is 11.1 Å². The Kier molecular flexibility index (Phi) is 9.30. The largest absolute Gasteiger partial charge is 0.384 e. The lowest BCUT2D eigenvalue weighted by atomic mass is 9.99. The van der Waals surface area contributed by atoms with Crippen LogP contribution in [0, 0.1) is 5.41 Å². The summed E-state index contributed by atoms with van der Waals surface area (Å²) in [5.74, 6) is -5.33. The number of hydrogen-bond acceptors (Lipinski definition) is 7. The number of carbonyl (C=O) groups is 3. The number of nitrogens with zero attached hydrogens (tertiary/aromatic N) is 1. The van der Waals surface area contributed by atoms with Gasteiger partial charge >= 0.3 is 0 Å². The Morgan fingerprint density at radius 2 is 1.72 bits per heavy atom. The molecule has 0 bridgehead atoms. The zero-order chi connectivity index (χ0) is 31.5. The van der Waals surface area contributed by atoms with Crippen LogP contribution in [0.5, 0.6) is 0 Å². The third kappa shape index (κ3) is 7.25. The number of rotatable bonds is 10. The van der Waals surface area contributed by atoms with Crippen LogP contribution in [0.2, 0.25) is 0 Å². The monoisotopic (exact) mass is 631 g/mol. The molecule has 1 aliphatic heterocycles. The third-order valence-electron chi connectivity index (χ3n) is 7.25. The second kappa shape index (κ2) is 12.6. The van der Waals surface area contributed by atoms with E-state index in [1.807, 2.05) is 0 Å². The van der Waals surface area contributed by atoms with Crippen LogP contribution in [0.25, 0.3) is 0 Å². The molecule has 228 valence electrons. The van der Waals surface area contributed by atoms with Gasteiger partial charge in [-0.3, -0.25) is 19.8 Å². The summed E-state index contributed by atoms with van der Waals surface area (Å²) in [5, 5.41) is 13.5. The molecule has 3 amide bonds. The van der Waals surface area contributed by atoms with Gasteiger partial charge in [0.05, 0.1) is 17.8 Å². The van der Waals surface area contributed by atoms with Crippen LogP contribution >= 0.6 is 11.3 Å². The number of alkyl halides is 2. The molecule has 0 saturated carbocycles. The molecule has 5 N–H and O–H groups in total. The second-order valence-electron chi connectivity index (χ2n) is 10.3. The molecule has 3 atom stereocenters. The average Bonchev–Trinajstić information content (AvgIpc) is 3.65. The number of amides is 3. The summed E-state index contributed by atoms with van der Waals surface area (Å²) < 4.78 is 54.3. The summed E-state index contributed by atoms with van der Waals surface area (Å²) in [4.78, 5) is 40.9. The van der Waals surface area contributed by atoms with Crippen molar-refractivity contribution in [3.63, 3.8) is 0 Å². The lowest BCUT2D eigenvalue weighted by Gasteiger charge is -2.25. The van der Waals surface area contributed by atoms with Crippen LogP contribution < -0.4 is 16.4 Å². The molecule has 10 nitrogen and oxygen atoms in total. The number of amidine groups is 1. The smallest absolute Gasteiger partial charge is 0.298 e. The van der Waals surface area contributed by atoms with Crippen LogP contribution in [-0.2, 0) is 25.3 Å². The first kappa shape index (κ1) is 31.8. The highest BCUT2D eigenvalue weighted by Crippen LogP contribution is 2.35. The molecule has 1 saturated heterocycles. The minimum atomic E-state index is -3.59. The van der Waals surface area contributed by atoms with Crippen LogP contribution in [0.4, 0.5) is 8.78 Å². The van der Waals surface area contributed by atoms with Crippen molar-refractivity contribution >= 4 is 44.7 Å². The maximum absolute atomic E-state index is 14.8. The van der Waals surface area contributed by atoms with Gasteiger partial charge in [-0.2, -0.15) is 8.78 Å². The number of carbonyl (C=O) groups excluding carboxylic acids is 3. The second-order valence-corrected chi connectivity index (χ2v) is 13.6. The molecule has 2 heterocycles. The van der Waals surface area contributed by atoms with E-state index in [1.165, 1.54) is 47.7 Å². The standard InChI is InChI=1S/C29H31F2N5O5S2/c1-17(24-12-19(16-42-24)26(32)33)35-28(39)23-13-22(43(2,40)41)15-36(23)25(37)14-34-27(38)18-8-10-21(11-9-18)29(30,31)20-6-4-3-5-7-20/h3-12,16-17,22-23H,13-15H2,1-2H3,(H3,32,33)(H,34,38)(H,35,39)/t17?,22-,23+/m1/s1. The van der Waals surface area contributed by atoms with Gasteiger partial charge in [0.1, 0.15) is 11.9 Å². The molecule has 14 heteroatoms. The predicted octanol–water partition coefficient (Wildman–Crippen LogP) is 2.79. The number of thiophene rings is 1. The first-order valence-electron chi connectivity index (χ1n) is 13.2. The van der Waals surface area contributed by atoms with Crippen molar-refractivity contribution in [2.45, 2.75) is 36.6 Å². The fourth-order valence-corrected chi connectivity index (χ4v) is 6.62. The Morgan fingerprint density at radius 1 is 1.09 bits per heavy atom. The van der Waals surface area contributed by atoms with Gasteiger partial charge in [-0.05, 0) is 31.5 Å². The van der Waals surface area contributed by atoms with Gasteiger partial charge in [0.25, 0.3) is 11.8 Å². The number of halogens is 2. The maximum atomic E-state index is 14.8. The van der Waals surface area contributed by atoms with Crippen molar-refractivity contribution < 1.29 is 31.6 Å². The minimum absolute atomic E-state index is 0.0415. The lowest BCUT2D eigenvalue weighted by molar-refractivity contribution is -0.137. The predicted molar refractivity (Wildman–Crippen MR) is 159 cm³/mol. The topological polar surface area (TPSA) is 163 Å². The van der Waals surface area contributed by atoms with Crippen molar-refractivity contribution in [1.82, 2.24) is 15.5 Å². The van der Waals surface area contributed by atoms with Gasteiger partial charge in [-0.1, -0.05) is 42.5 Å². The first-order valence-corrected chi connectivity index (χ1v) is 16.1. The fourth-order valence-electron chi connectivity index (χ4n) is 4.74. The normalized spacial score (nSPS) is 17.7. The van der Waals surface area contributed by atoms with E-state index in [1.54, 1.807) is 24.4 Å². The summed E-state index contributed by atoms with van der Waals surface area (Å²) in [7, 11) is -3.59. The Morgan fingerprint density at radius 3 is 2.30 bits per heavy atom. The molecular weight excluding hydrogens is 600 g/mol. The number of nitrogen functional groups attached to an aromatic ring is 1. The molecule has 1 aromatic heterocycles. The number of sulfone groups is 1. The molecule has 0 radical (unpaired) electrons. The number of benzene rings is 2. The van der Waals surface area contributed by atoms with Crippen molar-refractivity contribution in [2.75, 3.05) is 19.3 Å². The van der Waals surface area contributed by atoms with Gasteiger partial charge in [-0.15, -0.1) is 11.3 Å². The van der Waals surface area contributed by atoms with Crippen molar-refractivity contribution in [3.05, 3.63) is 93.2 Å². The average molecular weight is 632 g/mol. The molecular formula is C29H31F2N5O5S2. The summed E-state index contributed by atoms with van der Waals surface area (Å²) in [6.45, 7) is 0.949. The fraction of sp³-hybridized carbons (Fsp3) is 0.310. The summed E-state index contributed by atoms with van der Waals surface area (Å²) in [6, 6.07) is 12.0. The van der Waals surface area contributed by atoms with E-state index >= 15 is 0 Å². The van der Waals surface area contributed by atoms with Gasteiger partial charge < -0.3 is 21.3 Å². The number of nitrogens with one attached hydrogen (secondary N) is 3. The van der Waals surface area contributed by atoms with Gasteiger partial charge in [0, 0.05) is 45.3 Å². The molecule has 1 fully saturated rings. The van der Waals surface area contributed by atoms with E-state index in [9.17, 15) is 31.6 Å². The highest BCUT2D eigenvalue weighted by atomic mass is 32.2. The molecule has 1 unspecified atom stereocenters. The van der Waals surface area contributed by atoms with Gasteiger partial charge in [-0.25, -0.2) is 8.42 Å². The number of nitrogens with two attached hydrogens (primary N) is 1. The molecule has 1 aliphatic rings. The molecule has 0 aliphatic carbocycles. The molecule has 4 rings (SSSR count). The van der Waals surface area contributed by atoms with E-state index in [2.05, 4.69) is 10.6 Å². The Hall–Kier alpha value is -4.17. The van der Waals surface area contributed by atoms with Crippen LogP contribution in [0.3, 0.4) is 0 Å². The summed E-state index contributed by atoms with van der Waals surface area (Å²) >= 11 is 1.29. The quantitative estimate of drug-likeness (QED) is 0.199. The van der Waals surface area contributed by atoms with Crippen molar-refractivity contribution in [3.8, 4) is 0 Å². The van der Waals surface area contributed by atoms with Crippen LogP contribution in [0.1, 0.15) is 51.3 Å². The number of hydrogen-bond donors (Lipinski definition) is 4. The third-order valence-corrected chi connectivity index (χ3v) is 9.92. The summed E-state index contributed by atoms with van der Waals surface area (Å²) in [6.07, 6.45) is 0.919. The van der Waals surface area contributed by atoms with E-state index in [0.717, 1.165) is 23.3 Å². The van der Waals surface area contributed by atoms with Crippen LogP contribution in [0.15, 0.2) is 66.0 Å². The molecule has 2 aromatic carbocycles. The molecule has 3 aromatic rings. The van der Waals surface area contributed by atoms with Gasteiger partial charge in [0.15, 0.2) is 9.84 Å². The van der Waals surface area contributed by atoms with Crippen molar-refractivity contribution in [1.29, 1.82) is 5.41 Å². The van der Waals surface area contributed by atoms with Crippen LogP contribution in [-0.4, -0.2) is 67.5 Å². The number of likely N-dealkylation sites (tertiary alicyclic amines) is 1. The Bertz CT molecular complexity index is 1630. The zero-order valence-electron chi connectivity index (χ0n) is 23.3. The molecule has 0 spiro atoms. The zero-order valence-corrected chi connectivity index (χ0v) is 25.0. The Balaban J connectivity index is 1.41. The SMILES string of the molecule is CC(NC(=O)[C@@H]1C[C@@H](S(C)(=O)=O)CN1C(=O)CNC(=O)c1ccc(C(F)(F)c2ccccc2)cc1)c1cc(C(=N)N)cs1. The maximum Gasteiger partial charge on any atom is 0.298 e. The minimum Gasteiger partial charge on any atom is -0.384 e. The van der Waals surface area contributed by atoms with E-state index < -0.39 is 57.4 Å². The molecule has 43 heavy (non-hydrogen) atoms. The Labute approximate surface area is 251 Å². The van der Waals surface area contributed by atoms with Crippen molar-refractivity contribution in [2.24, 2.45) is 5.73 Å². The highest BCUT2D eigenvalue weighted by molar-refractivity contribution is 7.91. The first-order chi connectivity index (χ1) is 20.2. The van der Waals surface area contributed by atoms with E-state index in [0.29, 0.717) is 10.4 Å². The lowest BCUT2D eigenvalue weighted by Crippen LogP contribution is -2.49. The summed E-state index contributed by atoms with van der Waals surface area (Å²) in [5.41, 5.74) is 5.56. The highest BCUT2D eigenvalue weighted by Gasteiger charge is 2.43. The van der Waals surface area contributed by atoms with E-state index in [-0.39, 0.29) is 35.5 Å².